The first-order valence-electron chi connectivity index (χ1n) is 6.22. The molecule has 0 fully saturated rings. The van der Waals surface area contributed by atoms with Gasteiger partial charge in [0, 0.05) is 28.9 Å². The second kappa shape index (κ2) is 5.02. The summed E-state index contributed by atoms with van der Waals surface area (Å²) in [6, 6.07) is 5.72. The molecule has 0 saturated carbocycles. The summed E-state index contributed by atoms with van der Waals surface area (Å²) in [5.74, 6) is 0.896. The lowest BCUT2D eigenvalue weighted by atomic mass is 10.1. The van der Waals surface area contributed by atoms with E-state index in [1.54, 1.807) is 19.3 Å². The predicted molar refractivity (Wildman–Crippen MR) is 79.4 cm³/mol. The van der Waals surface area contributed by atoms with Crippen molar-refractivity contribution in [1.82, 2.24) is 13.9 Å². The number of rotatable bonds is 3. The molecule has 3 aromatic rings. The number of hydrogen-bond acceptors (Lipinski definition) is 4. The van der Waals surface area contributed by atoms with Crippen LogP contribution >= 0.6 is 11.5 Å². The predicted octanol–water partition coefficient (Wildman–Crippen LogP) is 3.51. The van der Waals surface area contributed by atoms with E-state index < -0.39 is 0 Å². The quantitative estimate of drug-likeness (QED) is 0.691. The molecule has 0 aliphatic heterocycles. The summed E-state index contributed by atoms with van der Waals surface area (Å²) in [5.41, 5.74) is 3.75. The van der Waals surface area contributed by atoms with Gasteiger partial charge in [-0.05, 0) is 37.0 Å². The van der Waals surface area contributed by atoms with Crippen LogP contribution in [-0.2, 0) is 0 Å². The van der Waals surface area contributed by atoms with Gasteiger partial charge in [0.25, 0.3) is 0 Å². The van der Waals surface area contributed by atoms with Crippen molar-refractivity contribution in [3.8, 4) is 17.1 Å². The number of Topliss-reactive ketones (excluding diaryl/α,β-unsaturated/α-hetero) is 1. The first kappa shape index (κ1) is 12.7. The third kappa shape index (κ3) is 2.16. The van der Waals surface area contributed by atoms with Crippen LogP contribution in [0.15, 0.2) is 42.2 Å². The molecule has 1 aromatic carbocycles. The summed E-state index contributed by atoms with van der Waals surface area (Å²) in [6.07, 6.45) is 5.46. The molecule has 0 amide bonds. The Bertz CT molecular complexity index is 759. The number of carbonyl (C=O) groups excluding carboxylic acids is 1. The van der Waals surface area contributed by atoms with E-state index in [2.05, 4.69) is 9.36 Å². The van der Waals surface area contributed by atoms with Crippen LogP contribution in [0.3, 0.4) is 0 Å². The highest BCUT2D eigenvalue weighted by molar-refractivity contribution is 7.03. The van der Waals surface area contributed by atoms with E-state index in [1.165, 1.54) is 11.5 Å². The summed E-state index contributed by atoms with van der Waals surface area (Å²) in [5, 5.41) is 1.96. The van der Waals surface area contributed by atoms with E-state index in [-0.39, 0.29) is 5.78 Å². The minimum atomic E-state index is 0.0603. The van der Waals surface area contributed by atoms with Crippen LogP contribution in [0, 0.1) is 6.92 Å². The molecule has 0 aliphatic rings. The van der Waals surface area contributed by atoms with Gasteiger partial charge in [-0.25, -0.2) is 9.36 Å². The summed E-state index contributed by atoms with van der Waals surface area (Å²) in [7, 11) is 0. The maximum Gasteiger partial charge on any atom is 0.159 e. The standard InChI is InChI=1S/C15H13N3OS/c1-10-3-4-12(11(2)19)7-14(10)18-6-5-16-15(18)13-8-17-20-9-13/h3-9H,1-2H3. The molecule has 0 N–H and O–H groups in total. The molecule has 0 spiro atoms. The van der Waals surface area contributed by atoms with Crippen molar-refractivity contribution in [3.05, 3.63) is 53.3 Å². The van der Waals surface area contributed by atoms with Crippen LogP contribution in [0.4, 0.5) is 0 Å². The van der Waals surface area contributed by atoms with Crippen LogP contribution in [0.25, 0.3) is 17.1 Å². The van der Waals surface area contributed by atoms with Gasteiger partial charge in [0.2, 0.25) is 0 Å². The van der Waals surface area contributed by atoms with E-state index in [0.717, 1.165) is 22.6 Å². The van der Waals surface area contributed by atoms with Crippen molar-refractivity contribution < 1.29 is 4.79 Å². The third-order valence-corrected chi connectivity index (χ3v) is 3.79. The smallest absolute Gasteiger partial charge is 0.159 e. The largest absolute Gasteiger partial charge is 0.299 e. The maximum absolute atomic E-state index is 11.6. The second-order valence-corrected chi connectivity index (χ2v) is 5.25. The minimum absolute atomic E-state index is 0.0603. The topological polar surface area (TPSA) is 47.8 Å². The lowest BCUT2D eigenvalue weighted by Gasteiger charge is -2.11. The molecule has 20 heavy (non-hydrogen) atoms. The highest BCUT2D eigenvalue weighted by Crippen LogP contribution is 2.25. The molecule has 100 valence electrons. The summed E-state index contributed by atoms with van der Waals surface area (Å²) in [4.78, 5) is 16.0. The summed E-state index contributed by atoms with van der Waals surface area (Å²) < 4.78 is 6.11. The average molecular weight is 283 g/mol. The van der Waals surface area contributed by atoms with E-state index in [4.69, 9.17) is 0 Å². The molecule has 4 nitrogen and oxygen atoms in total. The Hall–Kier alpha value is -2.27. The van der Waals surface area contributed by atoms with E-state index >= 15 is 0 Å². The van der Waals surface area contributed by atoms with Gasteiger partial charge in [-0.2, -0.15) is 0 Å². The Morgan fingerprint density at radius 2 is 2.20 bits per heavy atom. The Labute approximate surface area is 120 Å². The number of benzene rings is 1. The van der Waals surface area contributed by atoms with Crippen LogP contribution in [0.2, 0.25) is 0 Å². The van der Waals surface area contributed by atoms with Gasteiger partial charge in [-0.15, -0.1) is 0 Å². The fourth-order valence-corrected chi connectivity index (χ4v) is 2.63. The van der Waals surface area contributed by atoms with E-state index in [1.807, 2.05) is 41.3 Å². The normalized spacial score (nSPS) is 10.7. The lowest BCUT2D eigenvalue weighted by molar-refractivity contribution is 0.101. The van der Waals surface area contributed by atoms with Crippen molar-refractivity contribution in [2.75, 3.05) is 0 Å². The zero-order chi connectivity index (χ0) is 14.1. The van der Waals surface area contributed by atoms with Gasteiger partial charge >= 0.3 is 0 Å². The van der Waals surface area contributed by atoms with E-state index in [9.17, 15) is 4.79 Å². The van der Waals surface area contributed by atoms with Gasteiger partial charge in [0.1, 0.15) is 5.82 Å². The molecule has 0 atom stereocenters. The second-order valence-electron chi connectivity index (χ2n) is 4.59. The lowest BCUT2D eigenvalue weighted by Crippen LogP contribution is -2.01. The van der Waals surface area contributed by atoms with Crippen LogP contribution in [-0.4, -0.2) is 19.7 Å². The molecular weight excluding hydrogens is 270 g/mol. The molecule has 5 heteroatoms. The molecule has 3 rings (SSSR count). The number of carbonyl (C=O) groups is 1. The number of aryl methyl sites for hydroxylation is 1. The van der Waals surface area contributed by atoms with Crippen LogP contribution in [0.1, 0.15) is 22.8 Å². The zero-order valence-corrected chi connectivity index (χ0v) is 12.0. The number of imidazole rings is 1. The first-order valence-corrected chi connectivity index (χ1v) is 7.05. The number of aromatic nitrogens is 3. The average Bonchev–Trinajstić information content (AvgIpc) is 3.09. The highest BCUT2D eigenvalue weighted by Gasteiger charge is 2.12. The van der Waals surface area contributed by atoms with Gasteiger partial charge in [0.15, 0.2) is 5.78 Å². The van der Waals surface area contributed by atoms with Gasteiger partial charge in [-0.3, -0.25) is 9.36 Å². The van der Waals surface area contributed by atoms with Crippen molar-refractivity contribution in [3.63, 3.8) is 0 Å². The molecule has 2 heterocycles. The fourth-order valence-electron chi connectivity index (χ4n) is 2.11. The minimum Gasteiger partial charge on any atom is -0.299 e. The van der Waals surface area contributed by atoms with Gasteiger partial charge in [0.05, 0.1) is 11.9 Å². The van der Waals surface area contributed by atoms with Crippen molar-refractivity contribution in [2.45, 2.75) is 13.8 Å². The third-order valence-electron chi connectivity index (χ3n) is 3.21. The Morgan fingerprint density at radius 3 is 2.90 bits per heavy atom. The summed E-state index contributed by atoms with van der Waals surface area (Å²) in [6.45, 7) is 3.60. The molecule has 0 saturated heterocycles. The molecule has 0 bridgehead atoms. The molecule has 2 aromatic heterocycles. The maximum atomic E-state index is 11.6. The molecular formula is C15H13N3OS. The van der Waals surface area contributed by atoms with Gasteiger partial charge < -0.3 is 0 Å². The molecule has 0 radical (unpaired) electrons. The Kier molecular flexibility index (Phi) is 3.20. The van der Waals surface area contributed by atoms with Crippen molar-refractivity contribution in [1.29, 1.82) is 0 Å². The molecule has 0 unspecified atom stereocenters. The van der Waals surface area contributed by atoms with Crippen molar-refractivity contribution in [2.24, 2.45) is 0 Å². The monoisotopic (exact) mass is 283 g/mol. The number of ketones is 1. The van der Waals surface area contributed by atoms with Gasteiger partial charge in [-0.1, -0.05) is 12.1 Å². The number of hydrogen-bond donors (Lipinski definition) is 0. The zero-order valence-electron chi connectivity index (χ0n) is 11.2. The van der Waals surface area contributed by atoms with E-state index in [0.29, 0.717) is 5.56 Å². The van der Waals surface area contributed by atoms with Crippen LogP contribution < -0.4 is 0 Å². The van der Waals surface area contributed by atoms with Crippen molar-refractivity contribution >= 4 is 17.3 Å². The van der Waals surface area contributed by atoms with Crippen LogP contribution in [0.5, 0.6) is 0 Å². The number of nitrogens with zero attached hydrogens (tertiary/aromatic N) is 3. The summed E-state index contributed by atoms with van der Waals surface area (Å²) >= 11 is 1.40. The molecule has 0 aliphatic carbocycles. The SMILES string of the molecule is CC(=O)c1ccc(C)c(-n2ccnc2-c2cnsc2)c1. The Balaban J connectivity index is 2.17. The first-order chi connectivity index (χ1) is 9.66. The fraction of sp³-hybridized carbons (Fsp3) is 0.133. The Morgan fingerprint density at radius 1 is 1.35 bits per heavy atom. The highest BCUT2D eigenvalue weighted by atomic mass is 32.1.